The SMILES string of the molecule is C=C(C)[C@@H]1CC[C@]2(CC(=O)N(C)CCCc3ccccc3)CC[C@]3(C)[C@H](CC[C@@H]4[C@@]5(C)CC[C@H](OC(=O)CC(C)(C)C(=O)O)C(C)(C)[C@@H]5CC[C@]43C)[C@@H]12. The summed E-state index contributed by atoms with van der Waals surface area (Å²) in [6, 6.07) is 10.6. The lowest BCUT2D eigenvalue weighted by Crippen LogP contribution is -2.67. The Morgan fingerprint density at radius 3 is 2.25 bits per heavy atom. The molecule has 0 saturated heterocycles. The van der Waals surface area contributed by atoms with E-state index < -0.39 is 11.4 Å². The molecule has 0 heterocycles. The molecule has 5 aliphatic rings. The highest BCUT2D eigenvalue weighted by Gasteiger charge is 2.71. The molecule has 0 bridgehead atoms. The number of benzene rings is 1. The normalized spacial score (nSPS) is 38.7. The van der Waals surface area contributed by atoms with E-state index in [9.17, 15) is 19.5 Å². The molecule has 0 unspecified atom stereocenters. The van der Waals surface area contributed by atoms with Crippen LogP contribution < -0.4 is 0 Å². The van der Waals surface area contributed by atoms with Crippen LogP contribution in [-0.4, -0.2) is 47.5 Å². The number of fused-ring (bicyclic) bond motifs is 7. The molecule has 0 radical (unpaired) electrons. The summed E-state index contributed by atoms with van der Waals surface area (Å²) in [6.45, 7) is 23.3. The molecule has 5 saturated carbocycles. The van der Waals surface area contributed by atoms with Crippen molar-refractivity contribution in [1.82, 2.24) is 4.90 Å². The Hall–Kier alpha value is -2.63. The summed E-state index contributed by atoms with van der Waals surface area (Å²) in [4.78, 5) is 41.0. The Morgan fingerprint density at radius 1 is 0.887 bits per heavy atom. The number of allylic oxidation sites excluding steroid dienone is 1. The number of nitrogens with zero attached hydrogens (tertiary/aromatic N) is 1. The van der Waals surface area contributed by atoms with Gasteiger partial charge in [0.05, 0.1) is 11.8 Å². The minimum absolute atomic E-state index is 0.0575. The summed E-state index contributed by atoms with van der Waals surface area (Å²) < 4.78 is 6.19. The van der Waals surface area contributed by atoms with Crippen LogP contribution in [0.5, 0.6) is 0 Å². The Kier molecular flexibility index (Phi) is 10.7. The van der Waals surface area contributed by atoms with Crippen LogP contribution in [0.4, 0.5) is 0 Å². The van der Waals surface area contributed by atoms with E-state index >= 15 is 0 Å². The van der Waals surface area contributed by atoms with E-state index in [-0.39, 0.29) is 45.6 Å². The molecule has 0 aromatic heterocycles. The zero-order valence-electron chi connectivity index (χ0n) is 34.7. The molecular formula is C47H71NO5. The highest BCUT2D eigenvalue weighted by Crippen LogP contribution is 2.78. The van der Waals surface area contributed by atoms with Crippen molar-refractivity contribution in [3.8, 4) is 0 Å². The topological polar surface area (TPSA) is 83.9 Å². The minimum Gasteiger partial charge on any atom is -0.481 e. The maximum absolute atomic E-state index is 14.1. The van der Waals surface area contributed by atoms with Crippen LogP contribution in [0.1, 0.15) is 144 Å². The summed E-state index contributed by atoms with van der Waals surface area (Å²) >= 11 is 0. The van der Waals surface area contributed by atoms with Crippen molar-refractivity contribution in [2.45, 2.75) is 151 Å². The molecule has 0 spiro atoms. The zero-order valence-corrected chi connectivity index (χ0v) is 34.7. The highest BCUT2D eigenvalue weighted by atomic mass is 16.5. The summed E-state index contributed by atoms with van der Waals surface area (Å²) in [6.07, 6.45) is 13.6. The molecule has 1 amide bonds. The largest absolute Gasteiger partial charge is 0.481 e. The molecule has 6 heteroatoms. The third kappa shape index (κ3) is 6.72. The first-order valence-corrected chi connectivity index (χ1v) is 21.1. The van der Waals surface area contributed by atoms with Gasteiger partial charge in [-0.3, -0.25) is 14.4 Å². The van der Waals surface area contributed by atoms with Gasteiger partial charge in [-0.1, -0.05) is 77.1 Å². The first kappa shape index (κ1) is 40.0. The molecule has 294 valence electrons. The molecule has 1 aromatic carbocycles. The lowest BCUT2D eigenvalue weighted by molar-refractivity contribution is -0.250. The minimum atomic E-state index is -1.14. The second-order valence-corrected chi connectivity index (χ2v) is 20.8. The number of rotatable bonds is 11. The van der Waals surface area contributed by atoms with E-state index in [1.54, 1.807) is 13.8 Å². The van der Waals surface area contributed by atoms with Gasteiger partial charge in [-0.05, 0) is 155 Å². The fraction of sp³-hybridized carbons (Fsp3) is 0.766. The van der Waals surface area contributed by atoms with Crippen molar-refractivity contribution in [3.63, 3.8) is 0 Å². The number of aryl methyl sites for hydroxylation is 1. The molecule has 0 aliphatic heterocycles. The lowest BCUT2D eigenvalue weighted by Gasteiger charge is -2.73. The number of carboxylic acids is 1. The fourth-order valence-corrected chi connectivity index (χ4v) is 14.1. The fourth-order valence-electron chi connectivity index (χ4n) is 14.1. The van der Waals surface area contributed by atoms with Crippen molar-refractivity contribution in [2.75, 3.05) is 13.6 Å². The first-order valence-electron chi connectivity index (χ1n) is 21.1. The third-order valence-corrected chi connectivity index (χ3v) is 17.3. The average molecular weight is 730 g/mol. The highest BCUT2D eigenvalue weighted by molar-refractivity contribution is 5.81. The van der Waals surface area contributed by atoms with Crippen LogP contribution in [0.15, 0.2) is 42.5 Å². The van der Waals surface area contributed by atoms with Gasteiger partial charge in [0.25, 0.3) is 0 Å². The smallest absolute Gasteiger partial charge is 0.309 e. The van der Waals surface area contributed by atoms with E-state index in [1.807, 2.05) is 11.9 Å². The van der Waals surface area contributed by atoms with Crippen LogP contribution in [0.2, 0.25) is 0 Å². The number of carbonyl (C=O) groups is 3. The number of amides is 1. The predicted octanol–water partition coefficient (Wildman–Crippen LogP) is 10.5. The number of carboxylic acid groups (broad SMARTS) is 1. The van der Waals surface area contributed by atoms with Crippen molar-refractivity contribution >= 4 is 17.8 Å². The van der Waals surface area contributed by atoms with Gasteiger partial charge in [-0.15, -0.1) is 0 Å². The van der Waals surface area contributed by atoms with Gasteiger partial charge in [0.15, 0.2) is 0 Å². The van der Waals surface area contributed by atoms with Crippen LogP contribution in [-0.2, 0) is 25.5 Å². The Morgan fingerprint density at radius 2 is 1.58 bits per heavy atom. The number of hydrogen-bond donors (Lipinski definition) is 1. The van der Waals surface area contributed by atoms with Crippen molar-refractivity contribution in [1.29, 1.82) is 0 Å². The first-order chi connectivity index (χ1) is 24.7. The van der Waals surface area contributed by atoms with E-state index in [2.05, 4.69) is 78.5 Å². The summed E-state index contributed by atoms with van der Waals surface area (Å²) in [7, 11) is 2.02. The second kappa shape index (κ2) is 14.1. The lowest BCUT2D eigenvalue weighted by atomic mass is 9.32. The molecule has 53 heavy (non-hydrogen) atoms. The van der Waals surface area contributed by atoms with Gasteiger partial charge < -0.3 is 14.7 Å². The Bertz CT molecular complexity index is 1570. The third-order valence-electron chi connectivity index (χ3n) is 17.3. The average Bonchev–Trinajstić information content (AvgIpc) is 3.46. The van der Waals surface area contributed by atoms with Crippen LogP contribution in [0.3, 0.4) is 0 Å². The van der Waals surface area contributed by atoms with Gasteiger partial charge >= 0.3 is 11.9 Å². The van der Waals surface area contributed by atoms with Crippen molar-refractivity contribution < 1.29 is 24.2 Å². The maximum atomic E-state index is 14.1. The van der Waals surface area contributed by atoms with Gasteiger partial charge in [-0.2, -0.15) is 0 Å². The van der Waals surface area contributed by atoms with Crippen LogP contribution in [0, 0.1) is 62.1 Å². The molecular weight excluding hydrogens is 659 g/mol. The summed E-state index contributed by atoms with van der Waals surface area (Å²) in [5.41, 5.74) is 1.90. The molecule has 1 aromatic rings. The number of hydrogen-bond acceptors (Lipinski definition) is 4. The van der Waals surface area contributed by atoms with Gasteiger partial charge in [0.1, 0.15) is 6.10 Å². The van der Waals surface area contributed by atoms with Crippen LogP contribution >= 0.6 is 0 Å². The summed E-state index contributed by atoms with van der Waals surface area (Å²) in [5, 5.41) is 9.62. The quantitative estimate of drug-likeness (QED) is 0.181. The van der Waals surface area contributed by atoms with Crippen LogP contribution in [0.25, 0.3) is 0 Å². The number of aliphatic carboxylic acids is 1. The number of esters is 1. The van der Waals surface area contributed by atoms with E-state index in [4.69, 9.17) is 4.74 Å². The molecule has 6 rings (SSSR count). The monoisotopic (exact) mass is 730 g/mol. The van der Waals surface area contributed by atoms with Gasteiger partial charge in [-0.25, -0.2) is 0 Å². The molecule has 5 fully saturated rings. The number of ether oxygens (including phenoxy) is 1. The molecule has 1 N–H and O–H groups in total. The Balaban J connectivity index is 1.20. The van der Waals surface area contributed by atoms with E-state index in [0.29, 0.717) is 41.9 Å². The molecule has 6 nitrogen and oxygen atoms in total. The standard InChI is InChI=1S/C47H71NO5/c1-31(2)33-20-25-47(29-38(49)48(10)28-14-17-32-15-12-11-13-16-32)27-26-45(8)34(40(33)47)18-19-36-44(7)23-22-37(53-39(50)30-42(3,4)41(51)52)43(5,6)35(44)21-24-46(36,45)9/h11-13,15-16,33-37,40H,1,14,17-30H2,2-10H3,(H,51,52)/t33-,34+,35-,36+,37-,40+,44-,45+,46+,47+/m0/s1. The van der Waals surface area contributed by atoms with Gasteiger partial charge in [0.2, 0.25) is 5.91 Å². The number of carbonyl (C=O) groups excluding carboxylic acids is 2. The Labute approximate surface area is 321 Å². The predicted molar refractivity (Wildman–Crippen MR) is 212 cm³/mol. The van der Waals surface area contributed by atoms with Gasteiger partial charge in [0, 0.05) is 25.4 Å². The van der Waals surface area contributed by atoms with Crippen molar-refractivity contribution in [3.05, 3.63) is 48.0 Å². The zero-order chi connectivity index (χ0) is 38.8. The van der Waals surface area contributed by atoms with E-state index in [1.165, 1.54) is 36.8 Å². The molecule has 5 aliphatic carbocycles. The van der Waals surface area contributed by atoms with E-state index in [0.717, 1.165) is 57.9 Å². The van der Waals surface area contributed by atoms with Crippen molar-refractivity contribution in [2.24, 2.45) is 62.1 Å². The maximum Gasteiger partial charge on any atom is 0.309 e. The molecule has 10 atom stereocenters. The summed E-state index contributed by atoms with van der Waals surface area (Å²) in [5.74, 6) is 1.56. The second-order valence-electron chi connectivity index (χ2n) is 20.8.